The molecule has 0 aliphatic heterocycles. The molecule has 0 spiro atoms. The number of aromatic nitrogens is 2. The zero-order chi connectivity index (χ0) is 12.3. The molecule has 17 heavy (non-hydrogen) atoms. The van der Waals surface area contributed by atoms with Gasteiger partial charge in [0.25, 0.3) is 0 Å². The highest BCUT2D eigenvalue weighted by Crippen LogP contribution is 2.10. The third kappa shape index (κ3) is 2.86. The maximum atomic E-state index is 5.36. The summed E-state index contributed by atoms with van der Waals surface area (Å²) in [5.74, 6) is 0. The van der Waals surface area contributed by atoms with Crippen molar-refractivity contribution in [3.63, 3.8) is 0 Å². The quantitative estimate of drug-likeness (QED) is 0.813. The Balaban J connectivity index is 2.24. The Labute approximate surface area is 107 Å². The molecule has 0 saturated carbocycles. The molecule has 0 unspecified atom stereocenters. The Morgan fingerprint density at radius 1 is 1.29 bits per heavy atom. The van der Waals surface area contributed by atoms with Crippen molar-refractivity contribution in [1.29, 1.82) is 0 Å². The number of aryl methyl sites for hydroxylation is 2. The fraction of sp³-hybridized carbons (Fsp3) is 0.357. The average molecular weight is 246 g/mol. The minimum atomic E-state index is 0.829. The number of H-pyrrole nitrogens is 1. The zero-order valence-corrected chi connectivity index (χ0v) is 11.2. The van der Waals surface area contributed by atoms with E-state index in [0.29, 0.717) is 0 Å². The average Bonchev–Trinajstić information content (AvgIpc) is 2.63. The molecule has 0 amide bonds. The number of nitrogens with one attached hydrogen (secondary N) is 1. The smallest absolute Gasteiger partial charge is 0.122 e. The van der Waals surface area contributed by atoms with Crippen LogP contribution in [-0.4, -0.2) is 9.78 Å². The lowest BCUT2D eigenvalue weighted by Crippen LogP contribution is -2.03. The molecule has 90 valence electrons. The second kappa shape index (κ2) is 5.32. The predicted octanol–water partition coefficient (Wildman–Crippen LogP) is 3.85. The normalized spacial score (nSPS) is 10.7. The first-order chi connectivity index (χ1) is 8.20. The number of hydrogen-bond acceptors (Lipinski definition) is 1. The molecule has 0 atom stereocenters. The van der Waals surface area contributed by atoms with E-state index < -0.39 is 0 Å². The summed E-state index contributed by atoms with van der Waals surface area (Å²) in [5, 5.41) is 3.37. The SMILES string of the molecule is CCCc1cc(=S)n(Cc2ccccc2C)[nH]1. The van der Waals surface area contributed by atoms with Crippen LogP contribution < -0.4 is 0 Å². The van der Waals surface area contributed by atoms with Gasteiger partial charge >= 0.3 is 0 Å². The van der Waals surface area contributed by atoms with E-state index in [4.69, 9.17) is 12.2 Å². The molecule has 2 nitrogen and oxygen atoms in total. The standard InChI is InChI=1S/C14H18N2S/c1-3-6-13-9-14(17)16(15-13)10-12-8-5-4-7-11(12)2/h4-5,7-9,15H,3,6,10H2,1-2H3. The van der Waals surface area contributed by atoms with E-state index in [2.05, 4.69) is 49.3 Å². The minimum absolute atomic E-state index is 0.829. The highest BCUT2D eigenvalue weighted by Gasteiger charge is 2.02. The summed E-state index contributed by atoms with van der Waals surface area (Å²) in [7, 11) is 0. The molecule has 3 heteroatoms. The van der Waals surface area contributed by atoms with Crippen molar-refractivity contribution < 1.29 is 0 Å². The van der Waals surface area contributed by atoms with Gasteiger partial charge in [0.1, 0.15) is 4.64 Å². The van der Waals surface area contributed by atoms with E-state index in [1.54, 1.807) is 0 Å². The molecular formula is C14H18N2S. The van der Waals surface area contributed by atoms with Gasteiger partial charge in [-0.3, -0.25) is 4.68 Å². The molecule has 1 aromatic heterocycles. The Morgan fingerprint density at radius 3 is 2.76 bits per heavy atom. The van der Waals surface area contributed by atoms with Gasteiger partial charge in [-0.15, -0.1) is 0 Å². The Hall–Kier alpha value is -1.35. The molecule has 0 fully saturated rings. The first-order valence-electron chi connectivity index (χ1n) is 6.04. The largest absolute Gasteiger partial charge is 0.301 e. The highest BCUT2D eigenvalue weighted by atomic mass is 32.1. The Kier molecular flexibility index (Phi) is 3.79. The summed E-state index contributed by atoms with van der Waals surface area (Å²) in [4.78, 5) is 0. The molecule has 1 aromatic carbocycles. The van der Waals surface area contributed by atoms with Gasteiger partial charge in [-0.2, -0.15) is 0 Å². The number of benzene rings is 1. The van der Waals surface area contributed by atoms with Crippen LogP contribution >= 0.6 is 12.2 Å². The minimum Gasteiger partial charge on any atom is -0.301 e. The van der Waals surface area contributed by atoms with Gasteiger partial charge in [0.05, 0.1) is 6.54 Å². The number of aromatic amines is 1. The summed E-state index contributed by atoms with van der Waals surface area (Å²) >= 11 is 5.36. The van der Waals surface area contributed by atoms with E-state index in [0.717, 1.165) is 24.0 Å². The fourth-order valence-electron chi connectivity index (χ4n) is 1.96. The Morgan fingerprint density at radius 2 is 2.06 bits per heavy atom. The molecular weight excluding hydrogens is 228 g/mol. The van der Waals surface area contributed by atoms with Crippen molar-refractivity contribution in [3.8, 4) is 0 Å². The van der Waals surface area contributed by atoms with Crippen molar-refractivity contribution >= 4 is 12.2 Å². The third-order valence-electron chi connectivity index (χ3n) is 2.95. The van der Waals surface area contributed by atoms with Crippen LogP contribution in [0, 0.1) is 11.6 Å². The second-order valence-corrected chi connectivity index (χ2v) is 4.80. The summed E-state index contributed by atoms with van der Waals surface area (Å²) in [6.07, 6.45) is 2.20. The number of rotatable bonds is 4. The maximum Gasteiger partial charge on any atom is 0.122 e. The molecule has 1 N–H and O–H groups in total. The molecule has 2 rings (SSSR count). The fourth-order valence-corrected chi connectivity index (χ4v) is 2.21. The monoisotopic (exact) mass is 246 g/mol. The van der Waals surface area contributed by atoms with Gasteiger partial charge < -0.3 is 5.10 Å². The van der Waals surface area contributed by atoms with Crippen molar-refractivity contribution in [3.05, 3.63) is 51.8 Å². The van der Waals surface area contributed by atoms with Crippen molar-refractivity contribution in [2.45, 2.75) is 33.2 Å². The van der Waals surface area contributed by atoms with Crippen molar-refractivity contribution in [1.82, 2.24) is 9.78 Å². The summed E-state index contributed by atoms with van der Waals surface area (Å²) < 4.78 is 2.93. The Bertz CT molecular complexity index is 551. The van der Waals surface area contributed by atoms with Crippen LogP contribution in [0.4, 0.5) is 0 Å². The van der Waals surface area contributed by atoms with Crippen LogP contribution in [0.1, 0.15) is 30.2 Å². The molecule has 2 aromatic rings. The van der Waals surface area contributed by atoms with Gasteiger partial charge in [0.2, 0.25) is 0 Å². The van der Waals surface area contributed by atoms with Crippen LogP contribution in [0.3, 0.4) is 0 Å². The van der Waals surface area contributed by atoms with Gasteiger partial charge in [0.15, 0.2) is 0 Å². The predicted molar refractivity (Wildman–Crippen MR) is 73.9 cm³/mol. The van der Waals surface area contributed by atoms with Gasteiger partial charge in [0, 0.05) is 5.69 Å². The number of nitrogens with zero attached hydrogens (tertiary/aromatic N) is 1. The molecule has 1 heterocycles. The molecule has 0 aliphatic rings. The van der Waals surface area contributed by atoms with E-state index in [1.807, 2.05) is 4.68 Å². The van der Waals surface area contributed by atoms with Crippen LogP contribution in [0.15, 0.2) is 30.3 Å². The van der Waals surface area contributed by atoms with Gasteiger partial charge in [-0.25, -0.2) is 0 Å². The lowest BCUT2D eigenvalue weighted by Gasteiger charge is -2.06. The lowest BCUT2D eigenvalue weighted by atomic mass is 10.1. The maximum absolute atomic E-state index is 5.36. The topological polar surface area (TPSA) is 20.7 Å². The lowest BCUT2D eigenvalue weighted by molar-refractivity contribution is 0.658. The zero-order valence-electron chi connectivity index (χ0n) is 10.4. The number of hydrogen-bond donors (Lipinski definition) is 1. The van der Waals surface area contributed by atoms with Gasteiger partial charge in [-0.1, -0.05) is 49.8 Å². The van der Waals surface area contributed by atoms with E-state index >= 15 is 0 Å². The second-order valence-electron chi connectivity index (χ2n) is 4.38. The first kappa shape index (κ1) is 12.1. The molecule has 0 radical (unpaired) electrons. The first-order valence-corrected chi connectivity index (χ1v) is 6.44. The van der Waals surface area contributed by atoms with E-state index in [1.165, 1.54) is 16.8 Å². The molecule has 0 aliphatic carbocycles. The van der Waals surface area contributed by atoms with Crippen LogP contribution in [0.25, 0.3) is 0 Å². The third-order valence-corrected chi connectivity index (χ3v) is 3.29. The molecule has 0 bridgehead atoms. The van der Waals surface area contributed by atoms with E-state index in [-0.39, 0.29) is 0 Å². The van der Waals surface area contributed by atoms with E-state index in [9.17, 15) is 0 Å². The molecule has 0 saturated heterocycles. The van der Waals surface area contributed by atoms with Crippen molar-refractivity contribution in [2.75, 3.05) is 0 Å². The van der Waals surface area contributed by atoms with Gasteiger partial charge in [-0.05, 0) is 30.5 Å². The van der Waals surface area contributed by atoms with Crippen LogP contribution in [0.2, 0.25) is 0 Å². The summed E-state index contributed by atoms with van der Waals surface area (Å²) in [6, 6.07) is 10.5. The van der Waals surface area contributed by atoms with Crippen LogP contribution in [0.5, 0.6) is 0 Å². The highest BCUT2D eigenvalue weighted by molar-refractivity contribution is 7.71. The summed E-state index contributed by atoms with van der Waals surface area (Å²) in [6.45, 7) is 5.14. The summed E-state index contributed by atoms with van der Waals surface area (Å²) in [5.41, 5.74) is 3.85. The van der Waals surface area contributed by atoms with Crippen LogP contribution in [-0.2, 0) is 13.0 Å². The van der Waals surface area contributed by atoms with Crippen molar-refractivity contribution in [2.24, 2.45) is 0 Å².